The summed E-state index contributed by atoms with van der Waals surface area (Å²) in [4.78, 5) is 23.9. The lowest BCUT2D eigenvalue weighted by atomic mass is 9.88. The summed E-state index contributed by atoms with van der Waals surface area (Å²) in [6, 6.07) is -1.06. The standard InChI is InChI=1S/C21H38BrNO5Si/c1-13(2)21(6,7)29(8,9)28-14-10-11-15(16(22)12-14)17(18(24)25)23-19(26)27-20(3,4)5/h12-15,17H,10-11H2,1-9H3,(H,23,26)(H,24,25)/t14-,15+,17+/m0/s1. The van der Waals surface area contributed by atoms with Crippen molar-refractivity contribution in [3.63, 3.8) is 0 Å². The van der Waals surface area contributed by atoms with Crippen LogP contribution in [0.25, 0.3) is 0 Å². The van der Waals surface area contributed by atoms with Gasteiger partial charge < -0.3 is 19.6 Å². The van der Waals surface area contributed by atoms with Crippen molar-refractivity contribution < 1.29 is 23.9 Å². The molecule has 1 aliphatic carbocycles. The van der Waals surface area contributed by atoms with Gasteiger partial charge in [0.1, 0.15) is 11.6 Å². The second-order valence-corrected chi connectivity index (χ2v) is 15.7. The van der Waals surface area contributed by atoms with Gasteiger partial charge in [0.05, 0.1) is 6.10 Å². The molecule has 0 saturated heterocycles. The molecular formula is C21H38BrNO5Si. The average Bonchev–Trinajstić information content (AvgIpc) is 2.50. The number of nitrogens with one attached hydrogen (secondary N) is 1. The molecule has 8 heteroatoms. The number of ether oxygens (including phenoxy) is 1. The summed E-state index contributed by atoms with van der Waals surface area (Å²) in [5.74, 6) is -0.939. The van der Waals surface area contributed by atoms with E-state index in [-0.39, 0.29) is 17.1 Å². The van der Waals surface area contributed by atoms with E-state index < -0.39 is 32.0 Å². The largest absolute Gasteiger partial charge is 0.480 e. The maximum Gasteiger partial charge on any atom is 0.408 e. The molecule has 0 aromatic carbocycles. The first-order valence-electron chi connectivity index (χ1n) is 10.3. The molecule has 29 heavy (non-hydrogen) atoms. The molecule has 3 atom stereocenters. The van der Waals surface area contributed by atoms with Gasteiger partial charge in [-0.3, -0.25) is 0 Å². The molecule has 0 aromatic rings. The molecule has 0 saturated carbocycles. The number of carbonyl (C=O) groups is 2. The van der Waals surface area contributed by atoms with Crippen LogP contribution >= 0.6 is 15.9 Å². The van der Waals surface area contributed by atoms with Gasteiger partial charge in [0.2, 0.25) is 0 Å². The zero-order valence-electron chi connectivity index (χ0n) is 19.3. The highest BCUT2D eigenvalue weighted by molar-refractivity contribution is 9.11. The predicted octanol–water partition coefficient (Wildman–Crippen LogP) is 5.68. The van der Waals surface area contributed by atoms with Gasteiger partial charge in [0.15, 0.2) is 8.32 Å². The first-order valence-corrected chi connectivity index (χ1v) is 14.0. The summed E-state index contributed by atoms with van der Waals surface area (Å²) in [7, 11) is -2.01. The number of carboxylic acids is 1. The zero-order chi connectivity index (χ0) is 22.8. The molecule has 0 heterocycles. The van der Waals surface area contributed by atoms with Crippen LogP contribution in [0.3, 0.4) is 0 Å². The number of amides is 1. The lowest BCUT2D eigenvalue weighted by molar-refractivity contribution is -0.140. The lowest BCUT2D eigenvalue weighted by Gasteiger charge is -2.45. The Balaban J connectivity index is 2.93. The summed E-state index contributed by atoms with van der Waals surface area (Å²) in [5.41, 5.74) is -0.689. The summed E-state index contributed by atoms with van der Waals surface area (Å²) in [6.45, 7) is 18.7. The van der Waals surface area contributed by atoms with E-state index in [0.717, 1.165) is 4.48 Å². The number of carbonyl (C=O) groups excluding carboxylic acids is 1. The summed E-state index contributed by atoms with van der Waals surface area (Å²) >= 11 is 3.54. The van der Waals surface area contributed by atoms with Crippen LogP contribution < -0.4 is 5.32 Å². The van der Waals surface area contributed by atoms with Crippen molar-refractivity contribution >= 4 is 36.3 Å². The summed E-state index contributed by atoms with van der Waals surface area (Å²) < 4.78 is 12.6. The van der Waals surface area contributed by atoms with Gasteiger partial charge in [-0.1, -0.05) is 43.6 Å². The number of alkyl carbamates (subject to hydrolysis) is 1. The second kappa shape index (κ2) is 9.52. The van der Waals surface area contributed by atoms with Crippen molar-refractivity contribution in [2.75, 3.05) is 0 Å². The van der Waals surface area contributed by atoms with Crippen LogP contribution in [0.15, 0.2) is 10.6 Å². The van der Waals surface area contributed by atoms with E-state index in [1.807, 2.05) is 6.08 Å². The fourth-order valence-electron chi connectivity index (χ4n) is 3.28. The average molecular weight is 493 g/mol. The van der Waals surface area contributed by atoms with Crippen molar-refractivity contribution in [1.29, 1.82) is 0 Å². The fourth-order valence-corrected chi connectivity index (χ4v) is 6.70. The molecule has 0 aromatic heterocycles. The lowest BCUT2D eigenvalue weighted by Crippen LogP contribution is -2.50. The molecule has 6 nitrogen and oxygen atoms in total. The van der Waals surface area contributed by atoms with Crippen molar-refractivity contribution in [1.82, 2.24) is 5.32 Å². The maximum atomic E-state index is 12.1. The maximum absolute atomic E-state index is 12.1. The molecule has 0 aliphatic heterocycles. The predicted molar refractivity (Wildman–Crippen MR) is 122 cm³/mol. The SMILES string of the molecule is CC(C)C(C)(C)[Si](C)(C)O[C@@H]1C=C(Br)[C@H]([C@@H](NC(=O)OC(C)(C)C)C(=O)O)CC1. The number of hydrogen-bond acceptors (Lipinski definition) is 4. The highest BCUT2D eigenvalue weighted by atomic mass is 79.9. The molecule has 2 N–H and O–H groups in total. The van der Waals surface area contributed by atoms with Crippen LogP contribution in [0.4, 0.5) is 4.79 Å². The molecule has 0 unspecified atom stereocenters. The molecule has 168 valence electrons. The molecule has 0 radical (unpaired) electrons. The van der Waals surface area contributed by atoms with Crippen molar-refractivity contribution in [3.8, 4) is 0 Å². The van der Waals surface area contributed by atoms with E-state index in [1.165, 1.54) is 0 Å². The number of hydrogen-bond donors (Lipinski definition) is 2. The molecule has 1 amide bonds. The van der Waals surface area contributed by atoms with E-state index in [2.05, 4.69) is 62.0 Å². The van der Waals surface area contributed by atoms with E-state index in [9.17, 15) is 14.7 Å². The fraction of sp³-hybridized carbons (Fsp3) is 0.810. The highest BCUT2D eigenvalue weighted by Crippen LogP contribution is 2.46. The molecule has 1 rings (SSSR count). The number of aliphatic carboxylic acids is 1. The first-order chi connectivity index (χ1) is 13.0. The van der Waals surface area contributed by atoms with Crippen molar-refractivity contribution in [2.24, 2.45) is 11.8 Å². The van der Waals surface area contributed by atoms with E-state index in [4.69, 9.17) is 9.16 Å². The Hall–Kier alpha value is -0.863. The number of carboxylic acid groups (broad SMARTS) is 1. The van der Waals surface area contributed by atoms with Crippen LogP contribution in [0, 0.1) is 11.8 Å². The van der Waals surface area contributed by atoms with Gasteiger partial charge in [-0.2, -0.15) is 0 Å². The van der Waals surface area contributed by atoms with Gasteiger partial charge in [0, 0.05) is 5.92 Å². The minimum absolute atomic E-state index is 0.0590. The van der Waals surface area contributed by atoms with Crippen LogP contribution in [-0.2, 0) is 14.0 Å². The van der Waals surface area contributed by atoms with Gasteiger partial charge >= 0.3 is 12.1 Å². The third-order valence-corrected chi connectivity index (χ3v) is 11.7. The Labute approximate surface area is 185 Å². The topological polar surface area (TPSA) is 84.9 Å². The Bertz CT molecular complexity index is 639. The molecule has 1 aliphatic rings. The number of rotatable bonds is 7. The summed E-state index contributed by atoms with van der Waals surface area (Å²) in [5, 5.41) is 12.3. The quantitative estimate of drug-likeness (QED) is 0.447. The minimum Gasteiger partial charge on any atom is -0.480 e. The Morgan fingerprint density at radius 3 is 2.17 bits per heavy atom. The zero-order valence-corrected chi connectivity index (χ0v) is 21.8. The van der Waals surface area contributed by atoms with Gasteiger partial charge in [-0.15, -0.1) is 0 Å². The van der Waals surface area contributed by atoms with Crippen LogP contribution in [0.5, 0.6) is 0 Å². The van der Waals surface area contributed by atoms with Crippen LogP contribution in [0.2, 0.25) is 18.1 Å². The Kier molecular flexibility index (Phi) is 8.59. The van der Waals surface area contributed by atoms with Crippen molar-refractivity contribution in [2.45, 2.75) is 97.2 Å². The van der Waals surface area contributed by atoms with Crippen LogP contribution in [-0.4, -0.2) is 43.2 Å². The van der Waals surface area contributed by atoms with Gasteiger partial charge in [0.25, 0.3) is 0 Å². The Morgan fingerprint density at radius 1 is 1.21 bits per heavy atom. The van der Waals surface area contributed by atoms with Crippen LogP contribution in [0.1, 0.15) is 61.3 Å². The first kappa shape index (κ1) is 26.2. The van der Waals surface area contributed by atoms with E-state index >= 15 is 0 Å². The minimum atomic E-state index is -2.01. The third kappa shape index (κ3) is 7.10. The molecular weight excluding hydrogens is 454 g/mol. The van der Waals surface area contributed by atoms with Gasteiger partial charge in [-0.25, -0.2) is 9.59 Å². The third-order valence-electron chi connectivity index (χ3n) is 6.24. The molecule has 0 fully saturated rings. The smallest absolute Gasteiger partial charge is 0.408 e. The second-order valence-electron chi connectivity index (χ2n) is 10.2. The highest BCUT2D eigenvalue weighted by Gasteiger charge is 2.45. The molecule has 0 bridgehead atoms. The van der Waals surface area contributed by atoms with E-state index in [1.54, 1.807) is 20.8 Å². The molecule has 0 spiro atoms. The van der Waals surface area contributed by atoms with Gasteiger partial charge in [-0.05, 0) is 68.2 Å². The summed E-state index contributed by atoms with van der Waals surface area (Å²) in [6.07, 6.45) is 2.49. The monoisotopic (exact) mass is 491 g/mol. The van der Waals surface area contributed by atoms with Crippen molar-refractivity contribution in [3.05, 3.63) is 10.6 Å². The van der Waals surface area contributed by atoms with E-state index in [0.29, 0.717) is 18.8 Å². The normalized spacial score (nSPS) is 22.1. The Morgan fingerprint density at radius 2 is 1.76 bits per heavy atom. The number of halogens is 1.